The lowest BCUT2D eigenvalue weighted by Gasteiger charge is -2.13. The van der Waals surface area contributed by atoms with Crippen LogP contribution in [0.3, 0.4) is 0 Å². The fraction of sp³-hybridized carbons (Fsp3) is 0.429. The molecule has 0 fully saturated rings. The van der Waals surface area contributed by atoms with Gasteiger partial charge in [0.15, 0.2) is 5.82 Å². The Hall–Kier alpha value is -1.75. The van der Waals surface area contributed by atoms with Crippen LogP contribution in [0.5, 0.6) is 0 Å². The van der Waals surface area contributed by atoms with Gasteiger partial charge in [-0.25, -0.2) is 4.39 Å². The predicted octanol–water partition coefficient (Wildman–Crippen LogP) is 2.34. The van der Waals surface area contributed by atoms with E-state index in [2.05, 4.69) is 15.5 Å². The Bertz CT molecular complexity index is 582. The minimum atomic E-state index is -0.0874. The molecule has 0 saturated heterocycles. The van der Waals surface area contributed by atoms with E-state index in [4.69, 9.17) is 4.52 Å². The molecule has 1 aromatic carbocycles. The van der Waals surface area contributed by atoms with E-state index in [1.165, 1.54) is 6.07 Å². The molecule has 1 aromatic heterocycles. The van der Waals surface area contributed by atoms with Gasteiger partial charge in [0.1, 0.15) is 5.82 Å². The number of rotatable bonds is 4. The third-order valence-electron chi connectivity index (χ3n) is 3.52. The summed E-state index contributed by atoms with van der Waals surface area (Å²) in [5.41, 5.74) is 1.94. The second-order valence-electron chi connectivity index (χ2n) is 4.83. The molecule has 100 valence electrons. The smallest absolute Gasteiger partial charge is 0.223 e. The zero-order valence-electron chi connectivity index (χ0n) is 10.8. The zero-order chi connectivity index (χ0) is 13.2. The Morgan fingerprint density at radius 2 is 2.37 bits per heavy atom. The van der Waals surface area contributed by atoms with Gasteiger partial charge in [0.25, 0.3) is 0 Å². The number of halogens is 1. The molecule has 1 aliphatic rings. The van der Waals surface area contributed by atoms with Gasteiger partial charge in [-0.3, -0.25) is 0 Å². The average molecular weight is 261 g/mol. The molecule has 19 heavy (non-hydrogen) atoms. The molecule has 1 unspecified atom stereocenters. The summed E-state index contributed by atoms with van der Waals surface area (Å²) in [6.07, 6.45) is 2.47. The van der Waals surface area contributed by atoms with Crippen LogP contribution in [0.25, 0.3) is 0 Å². The summed E-state index contributed by atoms with van der Waals surface area (Å²) in [6.45, 7) is 2.54. The number of aromatic nitrogens is 2. The van der Waals surface area contributed by atoms with E-state index in [1.54, 1.807) is 13.0 Å². The molecular formula is C14H16FN3O. The summed E-state index contributed by atoms with van der Waals surface area (Å²) in [5.74, 6) is 1.21. The van der Waals surface area contributed by atoms with Crippen LogP contribution in [0.4, 0.5) is 4.39 Å². The fourth-order valence-corrected chi connectivity index (χ4v) is 2.62. The standard InChI is InChI=1S/C14H16FN3O/c1-9-17-14(18-19-9)7-8-16-13-6-5-10-11(13)3-2-4-12(10)15/h2-4,13,16H,5-8H2,1H3. The van der Waals surface area contributed by atoms with Gasteiger partial charge in [-0.15, -0.1) is 0 Å². The molecule has 0 amide bonds. The van der Waals surface area contributed by atoms with Crippen LogP contribution < -0.4 is 5.32 Å². The van der Waals surface area contributed by atoms with Gasteiger partial charge in [-0.1, -0.05) is 17.3 Å². The van der Waals surface area contributed by atoms with Crippen molar-refractivity contribution in [3.05, 3.63) is 46.9 Å². The van der Waals surface area contributed by atoms with Gasteiger partial charge in [0.2, 0.25) is 5.89 Å². The summed E-state index contributed by atoms with van der Waals surface area (Å²) in [5, 5.41) is 7.29. The molecule has 1 N–H and O–H groups in total. The second kappa shape index (κ2) is 5.09. The van der Waals surface area contributed by atoms with E-state index in [1.807, 2.05) is 6.07 Å². The molecule has 3 rings (SSSR count). The van der Waals surface area contributed by atoms with E-state index >= 15 is 0 Å². The van der Waals surface area contributed by atoms with Crippen molar-refractivity contribution in [2.24, 2.45) is 0 Å². The van der Waals surface area contributed by atoms with E-state index in [9.17, 15) is 4.39 Å². The average Bonchev–Trinajstić information content (AvgIpc) is 2.98. The normalized spacial score (nSPS) is 17.7. The molecule has 1 atom stereocenters. The Balaban J connectivity index is 1.59. The van der Waals surface area contributed by atoms with Gasteiger partial charge in [-0.2, -0.15) is 4.98 Å². The largest absolute Gasteiger partial charge is 0.340 e. The molecule has 0 saturated carbocycles. The topological polar surface area (TPSA) is 51.0 Å². The van der Waals surface area contributed by atoms with Crippen molar-refractivity contribution in [1.82, 2.24) is 15.5 Å². The monoisotopic (exact) mass is 261 g/mol. The maximum atomic E-state index is 13.6. The van der Waals surface area contributed by atoms with Gasteiger partial charge < -0.3 is 9.84 Å². The van der Waals surface area contributed by atoms with E-state index in [-0.39, 0.29) is 11.9 Å². The lowest BCUT2D eigenvalue weighted by molar-refractivity contribution is 0.386. The third kappa shape index (κ3) is 2.51. The number of nitrogens with zero attached hydrogens (tertiary/aromatic N) is 2. The van der Waals surface area contributed by atoms with Gasteiger partial charge in [0, 0.05) is 25.9 Å². The third-order valence-corrected chi connectivity index (χ3v) is 3.52. The quantitative estimate of drug-likeness (QED) is 0.917. The highest BCUT2D eigenvalue weighted by Gasteiger charge is 2.24. The first-order chi connectivity index (χ1) is 9.24. The Kier molecular flexibility index (Phi) is 3.29. The zero-order valence-corrected chi connectivity index (χ0v) is 10.8. The van der Waals surface area contributed by atoms with Crippen LogP contribution >= 0.6 is 0 Å². The van der Waals surface area contributed by atoms with Crippen molar-refractivity contribution in [3.8, 4) is 0 Å². The molecule has 1 aliphatic carbocycles. The van der Waals surface area contributed by atoms with Crippen LogP contribution in [-0.4, -0.2) is 16.7 Å². The first kappa shape index (κ1) is 12.3. The Morgan fingerprint density at radius 3 is 3.16 bits per heavy atom. The Labute approximate surface area is 111 Å². The number of fused-ring (bicyclic) bond motifs is 1. The number of benzene rings is 1. The summed E-state index contributed by atoms with van der Waals surface area (Å²) >= 11 is 0. The molecular weight excluding hydrogens is 245 g/mol. The van der Waals surface area contributed by atoms with Crippen LogP contribution in [0.15, 0.2) is 22.7 Å². The van der Waals surface area contributed by atoms with Crippen LogP contribution in [0.1, 0.15) is 35.3 Å². The van der Waals surface area contributed by atoms with Gasteiger partial charge in [-0.05, 0) is 30.0 Å². The van der Waals surface area contributed by atoms with Crippen molar-refractivity contribution >= 4 is 0 Å². The van der Waals surface area contributed by atoms with E-state index in [0.717, 1.165) is 36.9 Å². The summed E-state index contributed by atoms with van der Waals surface area (Å²) in [4.78, 5) is 4.16. The molecule has 0 bridgehead atoms. The maximum absolute atomic E-state index is 13.6. The number of nitrogens with one attached hydrogen (secondary N) is 1. The van der Waals surface area contributed by atoms with Crippen LogP contribution in [-0.2, 0) is 12.8 Å². The summed E-state index contributed by atoms with van der Waals surface area (Å²) in [6, 6.07) is 5.54. The van der Waals surface area contributed by atoms with Gasteiger partial charge >= 0.3 is 0 Å². The SMILES string of the molecule is Cc1nc(CCNC2CCc3c(F)cccc32)no1. The first-order valence-electron chi connectivity index (χ1n) is 6.54. The second-order valence-corrected chi connectivity index (χ2v) is 4.83. The molecule has 5 heteroatoms. The minimum absolute atomic E-state index is 0.0874. The highest BCUT2D eigenvalue weighted by Crippen LogP contribution is 2.32. The highest BCUT2D eigenvalue weighted by atomic mass is 19.1. The Morgan fingerprint density at radius 1 is 1.47 bits per heavy atom. The molecule has 0 aliphatic heterocycles. The highest BCUT2D eigenvalue weighted by molar-refractivity contribution is 5.35. The lowest BCUT2D eigenvalue weighted by atomic mass is 10.1. The molecule has 4 nitrogen and oxygen atoms in total. The van der Waals surface area contributed by atoms with Crippen LogP contribution in [0.2, 0.25) is 0 Å². The molecule has 2 aromatic rings. The van der Waals surface area contributed by atoms with Crippen molar-refractivity contribution in [3.63, 3.8) is 0 Å². The lowest BCUT2D eigenvalue weighted by Crippen LogP contribution is -2.22. The van der Waals surface area contributed by atoms with Gasteiger partial charge in [0.05, 0.1) is 0 Å². The fourth-order valence-electron chi connectivity index (χ4n) is 2.62. The van der Waals surface area contributed by atoms with Crippen LogP contribution in [0, 0.1) is 12.7 Å². The predicted molar refractivity (Wildman–Crippen MR) is 68.2 cm³/mol. The maximum Gasteiger partial charge on any atom is 0.223 e. The van der Waals surface area contributed by atoms with E-state index in [0.29, 0.717) is 11.7 Å². The van der Waals surface area contributed by atoms with Crippen molar-refractivity contribution < 1.29 is 8.91 Å². The first-order valence-corrected chi connectivity index (χ1v) is 6.54. The molecule has 0 spiro atoms. The van der Waals surface area contributed by atoms with Crippen molar-refractivity contribution in [2.45, 2.75) is 32.2 Å². The summed E-state index contributed by atoms with van der Waals surface area (Å²) in [7, 11) is 0. The number of hydrogen-bond acceptors (Lipinski definition) is 4. The molecule has 1 heterocycles. The van der Waals surface area contributed by atoms with E-state index < -0.39 is 0 Å². The molecule has 0 radical (unpaired) electrons. The number of hydrogen-bond donors (Lipinski definition) is 1. The number of aryl methyl sites for hydroxylation is 1. The minimum Gasteiger partial charge on any atom is -0.340 e. The summed E-state index contributed by atoms with van der Waals surface area (Å²) < 4.78 is 18.5. The van der Waals surface area contributed by atoms with Crippen molar-refractivity contribution in [2.75, 3.05) is 6.54 Å². The van der Waals surface area contributed by atoms with Crippen molar-refractivity contribution in [1.29, 1.82) is 0 Å².